The Labute approximate surface area is 272 Å². The Morgan fingerprint density at radius 3 is 2.02 bits per heavy atom. The molecule has 4 aromatic rings. The lowest BCUT2D eigenvalue weighted by Gasteiger charge is -2.22. The molecule has 0 saturated heterocycles. The summed E-state index contributed by atoms with van der Waals surface area (Å²) in [6.45, 7) is 7.03. The van der Waals surface area contributed by atoms with Crippen LogP contribution in [0, 0.1) is 0 Å². The van der Waals surface area contributed by atoms with E-state index in [0.717, 1.165) is 22.3 Å². The van der Waals surface area contributed by atoms with Gasteiger partial charge in [0.1, 0.15) is 6.04 Å². The second-order valence-corrected chi connectivity index (χ2v) is 13.6. The van der Waals surface area contributed by atoms with E-state index < -0.39 is 17.9 Å². The summed E-state index contributed by atoms with van der Waals surface area (Å²) in [6, 6.07) is 29.0. The van der Waals surface area contributed by atoms with Crippen molar-refractivity contribution in [3.05, 3.63) is 124 Å². The normalized spacial score (nSPS) is 14.5. The van der Waals surface area contributed by atoms with Gasteiger partial charge in [-0.05, 0) is 75.8 Å². The lowest BCUT2D eigenvalue weighted by molar-refractivity contribution is -0.139. The zero-order chi connectivity index (χ0) is 32.0. The van der Waals surface area contributed by atoms with Crippen LogP contribution in [-0.2, 0) is 23.2 Å². The van der Waals surface area contributed by atoms with Crippen molar-refractivity contribution < 1.29 is 14.7 Å². The Bertz CT molecular complexity index is 1600. The number of hydrogen-bond acceptors (Lipinski definition) is 3. The summed E-state index contributed by atoms with van der Waals surface area (Å²) in [5.41, 5.74) is 7.72. The fraction of sp³-hybridized carbons (Fsp3) is 0.333. The third-order valence-corrected chi connectivity index (χ3v) is 9.08. The fourth-order valence-electron chi connectivity index (χ4n) is 6.07. The van der Waals surface area contributed by atoms with E-state index in [0.29, 0.717) is 28.7 Å². The van der Waals surface area contributed by atoms with Gasteiger partial charge in [0, 0.05) is 23.7 Å². The zero-order valence-electron chi connectivity index (χ0n) is 26.4. The molecule has 0 spiro atoms. The number of aliphatic carboxylic acids is 1. The van der Waals surface area contributed by atoms with Gasteiger partial charge in [-0.2, -0.15) is 0 Å². The second kappa shape index (κ2) is 14.3. The third-order valence-electron chi connectivity index (χ3n) is 8.85. The van der Waals surface area contributed by atoms with Gasteiger partial charge in [-0.25, -0.2) is 4.79 Å². The molecule has 6 heteroatoms. The van der Waals surface area contributed by atoms with Gasteiger partial charge >= 0.3 is 5.97 Å². The molecule has 3 N–H and O–H groups in total. The van der Waals surface area contributed by atoms with Crippen LogP contribution in [0.15, 0.2) is 91.0 Å². The van der Waals surface area contributed by atoms with E-state index in [9.17, 15) is 14.7 Å². The average molecular weight is 623 g/mol. The first-order chi connectivity index (χ1) is 21.6. The summed E-state index contributed by atoms with van der Waals surface area (Å²) in [7, 11) is 0. The first-order valence-electron chi connectivity index (χ1n) is 15.9. The Balaban J connectivity index is 1.23. The first-order valence-corrected chi connectivity index (χ1v) is 16.3. The molecule has 1 amide bonds. The van der Waals surface area contributed by atoms with Crippen molar-refractivity contribution in [2.75, 3.05) is 5.32 Å². The van der Waals surface area contributed by atoms with Gasteiger partial charge in [0.15, 0.2) is 0 Å². The average Bonchev–Trinajstić information content (AvgIpc) is 3.04. The highest BCUT2D eigenvalue weighted by Crippen LogP contribution is 2.33. The molecule has 1 unspecified atom stereocenters. The topological polar surface area (TPSA) is 78.4 Å². The molecule has 0 radical (unpaired) electrons. The molecule has 1 atom stereocenters. The highest BCUT2D eigenvalue weighted by atomic mass is 35.5. The summed E-state index contributed by atoms with van der Waals surface area (Å²) in [5.74, 6) is -0.922. The van der Waals surface area contributed by atoms with Crippen molar-refractivity contribution in [3.63, 3.8) is 0 Å². The summed E-state index contributed by atoms with van der Waals surface area (Å²) in [6.07, 6.45) is 6.68. The molecule has 0 bridgehead atoms. The molecule has 0 aromatic heterocycles. The molecular formula is C39H43ClN2O3. The molecule has 45 heavy (non-hydrogen) atoms. The molecule has 1 fully saturated rings. The molecular weight excluding hydrogens is 580 g/mol. The molecule has 5 rings (SSSR count). The number of halogens is 1. The van der Waals surface area contributed by atoms with Crippen LogP contribution in [0.1, 0.15) is 91.4 Å². The molecule has 1 saturated carbocycles. The smallest absolute Gasteiger partial charge is 0.326 e. The van der Waals surface area contributed by atoms with Gasteiger partial charge in [-0.3, -0.25) is 4.79 Å². The minimum atomic E-state index is -1.10. The van der Waals surface area contributed by atoms with Crippen LogP contribution in [0.2, 0.25) is 5.02 Å². The fourth-order valence-corrected chi connectivity index (χ4v) is 6.24. The predicted octanol–water partition coefficient (Wildman–Crippen LogP) is 9.39. The maximum absolute atomic E-state index is 13.4. The van der Waals surface area contributed by atoms with E-state index in [1.54, 1.807) is 18.2 Å². The predicted molar refractivity (Wildman–Crippen MR) is 184 cm³/mol. The monoisotopic (exact) mass is 622 g/mol. The number of carboxylic acids is 1. The van der Waals surface area contributed by atoms with E-state index >= 15 is 0 Å². The summed E-state index contributed by atoms with van der Waals surface area (Å²) >= 11 is 6.26. The molecule has 5 nitrogen and oxygen atoms in total. The highest BCUT2D eigenvalue weighted by molar-refractivity contribution is 6.31. The number of carbonyl (C=O) groups is 2. The van der Waals surface area contributed by atoms with Gasteiger partial charge in [0.2, 0.25) is 0 Å². The highest BCUT2D eigenvalue weighted by Gasteiger charge is 2.23. The largest absolute Gasteiger partial charge is 0.480 e. The Morgan fingerprint density at radius 1 is 0.822 bits per heavy atom. The number of nitrogens with one attached hydrogen (secondary N) is 2. The minimum Gasteiger partial charge on any atom is -0.480 e. The van der Waals surface area contributed by atoms with E-state index in [4.69, 9.17) is 11.6 Å². The number of carbonyl (C=O) groups excluding carboxylic acids is 1. The number of hydrogen-bond donors (Lipinski definition) is 3. The Kier molecular flexibility index (Phi) is 10.3. The second-order valence-electron chi connectivity index (χ2n) is 13.2. The maximum atomic E-state index is 13.4. The van der Waals surface area contributed by atoms with Gasteiger partial charge in [0.25, 0.3) is 5.91 Å². The van der Waals surface area contributed by atoms with Crippen LogP contribution >= 0.6 is 11.6 Å². The minimum absolute atomic E-state index is 0.0658. The van der Waals surface area contributed by atoms with Crippen LogP contribution in [0.5, 0.6) is 0 Å². The van der Waals surface area contributed by atoms with Crippen LogP contribution in [0.4, 0.5) is 5.69 Å². The Morgan fingerprint density at radius 2 is 1.42 bits per heavy atom. The van der Waals surface area contributed by atoms with E-state index in [1.807, 2.05) is 24.3 Å². The van der Waals surface area contributed by atoms with Crippen molar-refractivity contribution in [2.24, 2.45) is 0 Å². The van der Waals surface area contributed by atoms with Gasteiger partial charge in [0.05, 0.1) is 5.56 Å². The summed E-state index contributed by atoms with van der Waals surface area (Å²) in [5, 5.41) is 16.4. The molecule has 4 aromatic carbocycles. The summed E-state index contributed by atoms with van der Waals surface area (Å²) < 4.78 is 0. The SMILES string of the molecule is CC(C)(C)c1ccc(CNc2ccc(Cl)cc2C(=O)NC(Cc2ccc(-c3ccc(C4CCCCC4)cc3)cc2)C(=O)O)cc1. The molecule has 1 aliphatic rings. The van der Waals surface area contributed by atoms with E-state index in [2.05, 4.69) is 79.9 Å². The van der Waals surface area contributed by atoms with Crippen LogP contribution in [0.3, 0.4) is 0 Å². The van der Waals surface area contributed by atoms with E-state index in [1.165, 1.54) is 43.2 Å². The molecule has 0 heterocycles. The van der Waals surface area contributed by atoms with Crippen LogP contribution < -0.4 is 10.6 Å². The van der Waals surface area contributed by atoms with Crippen LogP contribution in [-0.4, -0.2) is 23.0 Å². The van der Waals surface area contributed by atoms with Crippen molar-refractivity contribution in [3.8, 4) is 11.1 Å². The number of rotatable bonds is 10. The number of benzene rings is 4. The lowest BCUT2D eigenvalue weighted by Crippen LogP contribution is -2.42. The van der Waals surface area contributed by atoms with Gasteiger partial charge in [-0.15, -0.1) is 0 Å². The first kappa shape index (κ1) is 32.3. The van der Waals surface area contributed by atoms with Gasteiger partial charge < -0.3 is 15.7 Å². The molecule has 0 aliphatic heterocycles. The third kappa shape index (κ3) is 8.55. The molecule has 1 aliphatic carbocycles. The number of amides is 1. The van der Waals surface area contributed by atoms with Crippen molar-refractivity contribution in [2.45, 2.75) is 83.2 Å². The number of anilines is 1. The standard InChI is InChI=1S/C39H43ClN2O3/c1-39(2,3)32-19-11-27(12-20-32)25-41-35-22-21-33(40)24-34(35)37(43)42-36(38(44)45)23-26-9-13-29(14-10-26)31-17-15-30(16-18-31)28-7-5-4-6-8-28/h9-22,24,28,36,41H,4-8,23,25H2,1-3H3,(H,42,43)(H,44,45). The van der Waals surface area contributed by atoms with E-state index in [-0.39, 0.29) is 11.8 Å². The zero-order valence-corrected chi connectivity index (χ0v) is 27.2. The lowest BCUT2D eigenvalue weighted by atomic mass is 9.83. The van der Waals surface area contributed by atoms with Crippen LogP contribution in [0.25, 0.3) is 11.1 Å². The van der Waals surface area contributed by atoms with Gasteiger partial charge in [-0.1, -0.05) is 124 Å². The van der Waals surface area contributed by atoms with Crippen molar-refractivity contribution >= 4 is 29.2 Å². The number of carboxylic acid groups (broad SMARTS) is 1. The van der Waals surface area contributed by atoms with Crippen molar-refractivity contribution in [1.29, 1.82) is 0 Å². The Hall–Kier alpha value is -4.09. The quantitative estimate of drug-likeness (QED) is 0.165. The molecule has 234 valence electrons. The maximum Gasteiger partial charge on any atom is 0.326 e. The summed E-state index contributed by atoms with van der Waals surface area (Å²) in [4.78, 5) is 25.6. The van der Waals surface area contributed by atoms with Crippen molar-refractivity contribution in [1.82, 2.24) is 5.32 Å².